The van der Waals surface area contributed by atoms with Crippen molar-refractivity contribution in [3.05, 3.63) is 29.3 Å². The minimum Gasteiger partial charge on any atom is -0.496 e. The summed E-state index contributed by atoms with van der Waals surface area (Å²) in [4.78, 5) is 0. The molecular formula is C16H25NO2. The molecule has 106 valence electrons. The van der Waals surface area contributed by atoms with Gasteiger partial charge < -0.3 is 14.8 Å². The molecule has 0 amide bonds. The summed E-state index contributed by atoms with van der Waals surface area (Å²) in [7, 11) is 3.80. The second-order valence-corrected chi connectivity index (χ2v) is 5.32. The minimum atomic E-state index is 0.192. The fourth-order valence-electron chi connectivity index (χ4n) is 2.89. The molecule has 1 fully saturated rings. The molecule has 19 heavy (non-hydrogen) atoms. The van der Waals surface area contributed by atoms with Gasteiger partial charge in [-0.15, -0.1) is 0 Å². The summed E-state index contributed by atoms with van der Waals surface area (Å²) in [5.41, 5.74) is 2.87. The van der Waals surface area contributed by atoms with Crippen LogP contribution in [0.5, 0.6) is 5.75 Å². The van der Waals surface area contributed by atoms with Gasteiger partial charge in [-0.25, -0.2) is 0 Å². The highest BCUT2D eigenvalue weighted by Gasteiger charge is 2.30. The normalized spacial score (nSPS) is 18.3. The van der Waals surface area contributed by atoms with E-state index in [9.17, 15) is 0 Å². The average molecular weight is 263 g/mol. The number of hydrogen-bond donors (Lipinski definition) is 1. The number of hydrogen-bond acceptors (Lipinski definition) is 3. The van der Waals surface area contributed by atoms with Crippen LogP contribution in [0.1, 0.15) is 30.9 Å². The van der Waals surface area contributed by atoms with E-state index in [1.54, 1.807) is 7.11 Å². The number of rotatable bonds is 5. The van der Waals surface area contributed by atoms with Crippen LogP contribution in [-0.4, -0.2) is 32.9 Å². The Labute approximate surface area is 116 Å². The molecule has 3 heteroatoms. The van der Waals surface area contributed by atoms with Crippen molar-refractivity contribution in [2.75, 3.05) is 27.4 Å². The van der Waals surface area contributed by atoms with E-state index in [1.807, 2.05) is 0 Å². The van der Waals surface area contributed by atoms with Crippen LogP contribution in [0.25, 0.3) is 0 Å². The van der Waals surface area contributed by atoms with Crippen molar-refractivity contribution < 1.29 is 9.47 Å². The zero-order valence-corrected chi connectivity index (χ0v) is 12.3. The second kappa shape index (κ2) is 6.40. The standard InChI is InChI=1S/C16H25NO2/c1-4-14-11-13(5-6-15(14)18-3)12-16(17-2)7-9-19-10-8-16/h5-6,11,17H,4,7-10,12H2,1-3H3. The molecule has 1 aromatic rings. The maximum absolute atomic E-state index is 5.49. The van der Waals surface area contributed by atoms with Crippen LogP contribution in [0.3, 0.4) is 0 Å². The van der Waals surface area contributed by atoms with E-state index < -0.39 is 0 Å². The lowest BCUT2D eigenvalue weighted by Gasteiger charge is -2.37. The highest BCUT2D eigenvalue weighted by Crippen LogP contribution is 2.27. The number of likely N-dealkylation sites (N-methyl/N-ethyl adjacent to an activating group) is 1. The van der Waals surface area contributed by atoms with Gasteiger partial charge in [0.25, 0.3) is 0 Å². The topological polar surface area (TPSA) is 30.5 Å². The highest BCUT2D eigenvalue weighted by molar-refractivity contribution is 5.38. The molecule has 0 aliphatic carbocycles. The Bertz CT molecular complexity index is 411. The first-order chi connectivity index (χ1) is 9.23. The Hall–Kier alpha value is -1.06. The molecule has 0 atom stereocenters. The van der Waals surface area contributed by atoms with Crippen LogP contribution in [0, 0.1) is 0 Å². The van der Waals surface area contributed by atoms with Crippen molar-refractivity contribution in [2.24, 2.45) is 0 Å². The van der Waals surface area contributed by atoms with Gasteiger partial charge in [0.15, 0.2) is 0 Å². The van der Waals surface area contributed by atoms with Crippen LogP contribution < -0.4 is 10.1 Å². The van der Waals surface area contributed by atoms with Gasteiger partial charge in [-0.2, -0.15) is 0 Å². The molecule has 3 nitrogen and oxygen atoms in total. The number of ether oxygens (including phenoxy) is 2. The Kier molecular flexibility index (Phi) is 4.83. The largest absolute Gasteiger partial charge is 0.496 e. The highest BCUT2D eigenvalue weighted by atomic mass is 16.5. The first-order valence-electron chi connectivity index (χ1n) is 7.15. The van der Waals surface area contributed by atoms with E-state index in [4.69, 9.17) is 9.47 Å². The fourth-order valence-corrected chi connectivity index (χ4v) is 2.89. The molecule has 0 bridgehead atoms. The fraction of sp³-hybridized carbons (Fsp3) is 0.625. The monoisotopic (exact) mass is 263 g/mol. The van der Waals surface area contributed by atoms with Crippen LogP contribution in [0.2, 0.25) is 0 Å². The Morgan fingerprint density at radius 3 is 2.63 bits per heavy atom. The van der Waals surface area contributed by atoms with Crippen LogP contribution in [0.4, 0.5) is 0 Å². The molecule has 1 N–H and O–H groups in total. The Morgan fingerprint density at radius 1 is 1.32 bits per heavy atom. The van der Waals surface area contributed by atoms with Gasteiger partial charge in [0.1, 0.15) is 5.75 Å². The summed E-state index contributed by atoms with van der Waals surface area (Å²) >= 11 is 0. The molecule has 2 rings (SSSR count). The average Bonchev–Trinajstić information content (AvgIpc) is 2.48. The minimum absolute atomic E-state index is 0.192. The molecule has 0 spiro atoms. The third-order valence-corrected chi connectivity index (χ3v) is 4.25. The van der Waals surface area contributed by atoms with Gasteiger partial charge in [-0.05, 0) is 49.9 Å². The van der Waals surface area contributed by atoms with Gasteiger partial charge in [-0.3, -0.25) is 0 Å². The van der Waals surface area contributed by atoms with Crippen LogP contribution in [-0.2, 0) is 17.6 Å². The van der Waals surface area contributed by atoms with Crippen molar-refractivity contribution in [3.8, 4) is 5.75 Å². The van der Waals surface area contributed by atoms with E-state index in [1.165, 1.54) is 11.1 Å². The summed E-state index contributed by atoms with van der Waals surface area (Å²) in [6.45, 7) is 3.89. The van der Waals surface area contributed by atoms with Crippen molar-refractivity contribution in [1.29, 1.82) is 0 Å². The molecule has 1 aliphatic heterocycles. The Balaban J connectivity index is 2.17. The van der Waals surface area contributed by atoms with Crippen LogP contribution in [0.15, 0.2) is 18.2 Å². The first kappa shape index (κ1) is 14.4. The van der Waals surface area contributed by atoms with E-state index in [0.29, 0.717) is 0 Å². The lowest BCUT2D eigenvalue weighted by molar-refractivity contribution is 0.0413. The third-order valence-electron chi connectivity index (χ3n) is 4.25. The predicted molar refractivity (Wildman–Crippen MR) is 77.9 cm³/mol. The van der Waals surface area contributed by atoms with E-state index >= 15 is 0 Å². The smallest absolute Gasteiger partial charge is 0.122 e. The number of methoxy groups -OCH3 is 1. The summed E-state index contributed by atoms with van der Waals surface area (Å²) in [6, 6.07) is 6.57. The maximum Gasteiger partial charge on any atom is 0.122 e. The zero-order chi connectivity index (χ0) is 13.7. The molecule has 1 saturated heterocycles. The third kappa shape index (κ3) is 3.28. The maximum atomic E-state index is 5.49. The summed E-state index contributed by atoms with van der Waals surface area (Å²) in [6.07, 6.45) is 4.23. The van der Waals surface area contributed by atoms with Crippen LogP contribution >= 0.6 is 0 Å². The molecule has 0 aromatic heterocycles. The first-order valence-corrected chi connectivity index (χ1v) is 7.15. The van der Waals surface area contributed by atoms with Crippen molar-refractivity contribution in [3.63, 3.8) is 0 Å². The number of benzene rings is 1. The molecule has 1 aliphatic rings. The quantitative estimate of drug-likeness (QED) is 0.885. The molecule has 1 heterocycles. The second-order valence-electron chi connectivity index (χ2n) is 5.32. The van der Waals surface area contributed by atoms with Gasteiger partial charge in [0, 0.05) is 18.8 Å². The van der Waals surface area contributed by atoms with Gasteiger partial charge in [-0.1, -0.05) is 19.1 Å². The van der Waals surface area contributed by atoms with E-state index in [0.717, 1.165) is 44.6 Å². The molecule has 0 saturated carbocycles. The number of nitrogens with one attached hydrogen (secondary N) is 1. The lowest BCUT2D eigenvalue weighted by atomic mass is 9.83. The zero-order valence-electron chi connectivity index (χ0n) is 12.3. The van der Waals surface area contributed by atoms with Gasteiger partial charge in [0.05, 0.1) is 7.11 Å². The molecule has 1 aromatic carbocycles. The molecule has 0 radical (unpaired) electrons. The lowest BCUT2D eigenvalue weighted by Crippen LogP contribution is -2.49. The Morgan fingerprint density at radius 2 is 2.05 bits per heavy atom. The SMILES string of the molecule is CCc1cc(CC2(NC)CCOCC2)ccc1OC. The number of aryl methyl sites for hydroxylation is 1. The van der Waals surface area contributed by atoms with E-state index in [2.05, 4.69) is 37.5 Å². The molecule has 0 unspecified atom stereocenters. The van der Waals surface area contributed by atoms with Crippen molar-refractivity contribution in [2.45, 2.75) is 38.1 Å². The molecular weight excluding hydrogens is 238 g/mol. The van der Waals surface area contributed by atoms with Gasteiger partial charge >= 0.3 is 0 Å². The summed E-state index contributed by atoms with van der Waals surface area (Å²) in [5, 5.41) is 3.52. The van der Waals surface area contributed by atoms with E-state index in [-0.39, 0.29) is 5.54 Å². The summed E-state index contributed by atoms with van der Waals surface area (Å²) in [5.74, 6) is 0.997. The van der Waals surface area contributed by atoms with Crippen molar-refractivity contribution in [1.82, 2.24) is 5.32 Å². The van der Waals surface area contributed by atoms with Gasteiger partial charge in [0.2, 0.25) is 0 Å². The predicted octanol–water partition coefficient (Wildman–Crippen LogP) is 2.57. The summed E-state index contributed by atoms with van der Waals surface area (Å²) < 4.78 is 10.9. The van der Waals surface area contributed by atoms with Crippen molar-refractivity contribution >= 4 is 0 Å².